The maximum Gasteiger partial charge on any atom is 0.330 e. The standard InChI is InChI=1S/C17H25NO4/c1-4-22-17(19)7-5-6-11-18-12-10-14-8-9-15(20-2)16(13-14)21-3/h5,7-9,13,18H,4,6,10-12H2,1-3H3/b7-5+. The summed E-state index contributed by atoms with van der Waals surface area (Å²) in [6, 6.07) is 5.93. The quantitative estimate of drug-likeness (QED) is 0.408. The molecule has 0 saturated carbocycles. The third-order valence-corrected chi connectivity index (χ3v) is 3.07. The summed E-state index contributed by atoms with van der Waals surface area (Å²) in [4.78, 5) is 11.1. The van der Waals surface area contributed by atoms with E-state index in [0.29, 0.717) is 6.61 Å². The zero-order chi connectivity index (χ0) is 16.2. The first kappa shape index (κ1) is 18.0. The zero-order valence-electron chi connectivity index (χ0n) is 13.6. The minimum absolute atomic E-state index is 0.284. The van der Waals surface area contributed by atoms with Gasteiger partial charge in [-0.05, 0) is 50.6 Å². The molecule has 0 aliphatic heterocycles. The molecular formula is C17H25NO4. The Balaban J connectivity index is 2.23. The first-order valence-electron chi connectivity index (χ1n) is 7.46. The lowest BCUT2D eigenvalue weighted by molar-refractivity contribution is -0.137. The topological polar surface area (TPSA) is 56.8 Å². The molecule has 122 valence electrons. The molecule has 0 atom stereocenters. The third kappa shape index (κ3) is 6.63. The number of esters is 1. The summed E-state index contributed by atoms with van der Waals surface area (Å²) in [5.41, 5.74) is 1.19. The van der Waals surface area contributed by atoms with Crippen LogP contribution in [-0.4, -0.2) is 39.9 Å². The van der Waals surface area contributed by atoms with Gasteiger partial charge in [-0.1, -0.05) is 12.1 Å². The molecular weight excluding hydrogens is 282 g/mol. The number of benzene rings is 1. The maximum atomic E-state index is 11.1. The number of carbonyl (C=O) groups excluding carboxylic acids is 1. The van der Waals surface area contributed by atoms with Crippen molar-refractivity contribution in [2.24, 2.45) is 0 Å². The van der Waals surface area contributed by atoms with Gasteiger partial charge in [-0.2, -0.15) is 0 Å². The molecule has 5 nitrogen and oxygen atoms in total. The molecule has 22 heavy (non-hydrogen) atoms. The predicted octanol–water partition coefficient (Wildman–Crippen LogP) is 2.35. The summed E-state index contributed by atoms with van der Waals surface area (Å²) in [5, 5.41) is 3.33. The average Bonchev–Trinajstić information content (AvgIpc) is 2.54. The SMILES string of the molecule is CCOC(=O)/C=C/CCNCCc1ccc(OC)c(OC)c1. The van der Waals surface area contributed by atoms with Crippen molar-refractivity contribution in [3.8, 4) is 11.5 Å². The van der Waals surface area contributed by atoms with Gasteiger partial charge in [0.15, 0.2) is 11.5 Å². The van der Waals surface area contributed by atoms with Crippen molar-refractivity contribution >= 4 is 5.97 Å². The van der Waals surface area contributed by atoms with Crippen LogP contribution >= 0.6 is 0 Å². The van der Waals surface area contributed by atoms with Crippen LogP contribution in [0, 0.1) is 0 Å². The summed E-state index contributed by atoms with van der Waals surface area (Å²) < 4.78 is 15.3. The molecule has 0 aromatic heterocycles. The van der Waals surface area contributed by atoms with E-state index in [0.717, 1.165) is 37.4 Å². The van der Waals surface area contributed by atoms with Crippen molar-refractivity contribution in [3.05, 3.63) is 35.9 Å². The number of hydrogen-bond acceptors (Lipinski definition) is 5. The Kier molecular flexibility index (Phi) is 8.76. The summed E-state index contributed by atoms with van der Waals surface area (Å²) in [6.45, 7) is 3.89. The Morgan fingerprint density at radius 1 is 1.18 bits per heavy atom. The molecule has 0 bridgehead atoms. The van der Waals surface area contributed by atoms with Gasteiger partial charge in [0.2, 0.25) is 0 Å². The fourth-order valence-corrected chi connectivity index (χ4v) is 1.95. The van der Waals surface area contributed by atoms with Gasteiger partial charge in [0.05, 0.1) is 20.8 Å². The molecule has 0 aliphatic rings. The Labute approximate surface area is 132 Å². The van der Waals surface area contributed by atoms with Crippen LogP contribution in [0.1, 0.15) is 18.9 Å². The van der Waals surface area contributed by atoms with Crippen LogP contribution in [0.15, 0.2) is 30.4 Å². The Morgan fingerprint density at radius 3 is 2.64 bits per heavy atom. The number of hydrogen-bond donors (Lipinski definition) is 1. The highest BCUT2D eigenvalue weighted by Crippen LogP contribution is 2.27. The normalized spacial score (nSPS) is 10.7. The van der Waals surface area contributed by atoms with E-state index in [4.69, 9.17) is 14.2 Å². The molecule has 1 N–H and O–H groups in total. The van der Waals surface area contributed by atoms with E-state index in [1.165, 1.54) is 11.6 Å². The summed E-state index contributed by atoms with van der Waals surface area (Å²) >= 11 is 0. The average molecular weight is 307 g/mol. The fraction of sp³-hybridized carbons (Fsp3) is 0.471. The molecule has 0 radical (unpaired) electrons. The van der Waals surface area contributed by atoms with Crippen molar-refractivity contribution < 1.29 is 19.0 Å². The maximum absolute atomic E-state index is 11.1. The third-order valence-electron chi connectivity index (χ3n) is 3.07. The van der Waals surface area contributed by atoms with Crippen LogP contribution in [0.4, 0.5) is 0 Å². The van der Waals surface area contributed by atoms with Crippen molar-refractivity contribution in [1.82, 2.24) is 5.32 Å². The lowest BCUT2D eigenvalue weighted by Crippen LogP contribution is -2.18. The predicted molar refractivity (Wildman–Crippen MR) is 86.5 cm³/mol. The summed E-state index contributed by atoms with van der Waals surface area (Å²) in [7, 11) is 3.26. The van der Waals surface area contributed by atoms with Gasteiger partial charge in [-0.3, -0.25) is 0 Å². The van der Waals surface area contributed by atoms with Gasteiger partial charge in [-0.25, -0.2) is 4.79 Å². The number of ether oxygens (including phenoxy) is 3. The highest BCUT2D eigenvalue weighted by atomic mass is 16.5. The highest BCUT2D eigenvalue weighted by Gasteiger charge is 2.04. The number of rotatable bonds is 10. The molecule has 0 aliphatic carbocycles. The smallest absolute Gasteiger partial charge is 0.330 e. The minimum atomic E-state index is -0.284. The second kappa shape index (κ2) is 10.7. The molecule has 0 amide bonds. The molecule has 0 saturated heterocycles. The van der Waals surface area contributed by atoms with Gasteiger partial charge in [0.25, 0.3) is 0 Å². The minimum Gasteiger partial charge on any atom is -0.493 e. The number of carbonyl (C=O) groups is 1. The van der Waals surface area contributed by atoms with E-state index in [-0.39, 0.29) is 5.97 Å². The van der Waals surface area contributed by atoms with Crippen LogP contribution in [-0.2, 0) is 16.0 Å². The van der Waals surface area contributed by atoms with Gasteiger partial charge in [0, 0.05) is 6.08 Å². The number of methoxy groups -OCH3 is 2. The molecule has 5 heteroatoms. The van der Waals surface area contributed by atoms with Gasteiger partial charge < -0.3 is 19.5 Å². The molecule has 0 unspecified atom stereocenters. The lowest BCUT2D eigenvalue weighted by atomic mass is 10.1. The zero-order valence-corrected chi connectivity index (χ0v) is 13.6. The van der Waals surface area contributed by atoms with Crippen LogP contribution in [0.2, 0.25) is 0 Å². The second-order valence-electron chi connectivity index (χ2n) is 4.63. The highest BCUT2D eigenvalue weighted by molar-refractivity contribution is 5.81. The van der Waals surface area contributed by atoms with Gasteiger partial charge in [-0.15, -0.1) is 0 Å². The first-order valence-corrected chi connectivity index (χ1v) is 7.46. The molecule has 1 aromatic rings. The van der Waals surface area contributed by atoms with Crippen molar-refractivity contribution in [1.29, 1.82) is 0 Å². The van der Waals surface area contributed by atoms with Crippen molar-refractivity contribution in [3.63, 3.8) is 0 Å². The van der Waals surface area contributed by atoms with Gasteiger partial charge >= 0.3 is 5.97 Å². The van der Waals surface area contributed by atoms with Crippen molar-refractivity contribution in [2.45, 2.75) is 19.8 Å². The monoisotopic (exact) mass is 307 g/mol. The molecule has 0 fully saturated rings. The molecule has 1 rings (SSSR count). The first-order chi connectivity index (χ1) is 10.7. The summed E-state index contributed by atoms with van der Waals surface area (Å²) in [5.74, 6) is 1.20. The molecule has 0 spiro atoms. The fourth-order valence-electron chi connectivity index (χ4n) is 1.95. The van der Waals surface area contributed by atoms with E-state index in [9.17, 15) is 4.79 Å². The van der Waals surface area contributed by atoms with E-state index >= 15 is 0 Å². The van der Waals surface area contributed by atoms with Crippen LogP contribution in [0.3, 0.4) is 0 Å². The Hall–Kier alpha value is -2.01. The van der Waals surface area contributed by atoms with Crippen LogP contribution in [0.5, 0.6) is 11.5 Å². The van der Waals surface area contributed by atoms with E-state index in [1.54, 1.807) is 21.1 Å². The van der Waals surface area contributed by atoms with E-state index < -0.39 is 0 Å². The van der Waals surface area contributed by atoms with E-state index in [2.05, 4.69) is 5.32 Å². The second-order valence-corrected chi connectivity index (χ2v) is 4.63. The number of nitrogens with one attached hydrogen (secondary N) is 1. The summed E-state index contributed by atoms with van der Waals surface area (Å²) in [6.07, 6.45) is 4.99. The largest absolute Gasteiger partial charge is 0.493 e. The molecule has 0 heterocycles. The van der Waals surface area contributed by atoms with Gasteiger partial charge in [0.1, 0.15) is 0 Å². The van der Waals surface area contributed by atoms with E-state index in [1.807, 2.05) is 24.3 Å². The van der Waals surface area contributed by atoms with Crippen LogP contribution in [0.25, 0.3) is 0 Å². The lowest BCUT2D eigenvalue weighted by Gasteiger charge is -2.09. The Bertz CT molecular complexity index is 486. The molecule has 1 aromatic carbocycles. The Morgan fingerprint density at radius 2 is 1.95 bits per heavy atom. The van der Waals surface area contributed by atoms with Crippen LogP contribution < -0.4 is 14.8 Å². The van der Waals surface area contributed by atoms with Crippen molar-refractivity contribution in [2.75, 3.05) is 33.9 Å².